The maximum Gasteiger partial charge on any atom is 0.0153 e. The molecule has 1 saturated heterocycles. The predicted molar refractivity (Wildman–Crippen MR) is 62.3 cm³/mol. The highest BCUT2D eigenvalue weighted by atomic mass is 15.2. The monoisotopic (exact) mass is 198 g/mol. The minimum Gasteiger partial charge on any atom is -0.330 e. The van der Waals surface area contributed by atoms with Gasteiger partial charge in [-0.05, 0) is 58.7 Å². The van der Waals surface area contributed by atoms with E-state index in [0.29, 0.717) is 5.54 Å². The van der Waals surface area contributed by atoms with Crippen molar-refractivity contribution in [3.63, 3.8) is 0 Å². The second-order valence-corrected chi connectivity index (χ2v) is 5.23. The van der Waals surface area contributed by atoms with Gasteiger partial charge in [-0.25, -0.2) is 0 Å². The molecule has 1 aliphatic heterocycles. The zero-order chi connectivity index (χ0) is 10.6. The van der Waals surface area contributed by atoms with Gasteiger partial charge >= 0.3 is 0 Å². The lowest BCUT2D eigenvalue weighted by molar-refractivity contribution is 0.0694. The Labute approximate surface area is 88.8 Å². The molecule has 14 heavy (non-hydrogen) atoms. The van der Waals surface area contributed by atoms with Gasteiger partial charge in [-0.3, -0.25) is 4.90 Å². The molecule has 1 fully saturated rings. The lowest BCUT2D eigenvalue weighted by atomic mass is 9.90. The van der Waals surface area contributed by atoms with Crippen molar-refractivity contribution in [2.45, 2.75) is 52.0 Å². The molecule has 1 rings (SSSR count). The Morgan fingerprint density at radius 3 is 2.29 bits per heavy atom. The van der Waals surface area contributed by atoms with Crippen LogP contribution in [0.4, 0.5) is 0 Å². The summed E-state index contributed by atoms with van der Waals surface area (Å²) in [7, 11) is 0. The van der Waals surface area contributed by atoms with E-state index in [0.717, 1.165) is 12.5 Å². The van der Waals surface area contributed by atoms with Gasteiger partial charge in [-0.1, -0.05) is 13.3 Å². The SMILES string of the molecule is CCCC(C)(C)N1CCC(CN)CC1. The summed E-state index contributed by atoms with van der Waals surface area (Å²) in [5.74, 6) is 0.781. The molecule has 2 N–H and O–H groups in total. The fraction of sp³-hybridized carbons (Fsp3) is 1.00. The molecule has 0 saturated carbocycles. The summed E-state index contributed by atoms with van der Waals surface area (Å²) in [5.41, 5.74) is 6.10. The number of likely N-dealkylation sites (tertiary alicyclic amines) is 1. The molecule has 0 radical (unpaired) electrons. The van der Waals surface area contributed by atoms with E-state index in [1.807, 2.05) is 0 Å². The molecule has 0 aromatic rings. The van der Waals surface area contributed by atoms with Crippen LogP contribution in [0.5, 0.6) is 0 Å². The largest absolute Gasteiger partial charge is 0.330 e. The molecule has 0 bridgehead atoms. The molecule has 0 unspecified atom stereocenters. The highest BCUT2D eigenvalue weighted by Gasteiger charge is 2.29. The van der Waals surface area contributed by atoms with Crippen molar-refractivity contribution in [3.05, 3.63) is 0 Å². The maximum absolute atomic E-state index is 5.70. The normalized spacial score (nSPS) is 21.4. The molecule has 0 spiro atoms. The van der Waals surface area contributed by atoms with Crippen LogP contribution in [-0.2, 0) is 0 Å². The Morgan fingerprint density at radius 1 is 1.29 bits per heavy atom. The number of rotatable bonds is 4. The first-order valence-electron chi connectivity index (χ1n) is 6.05. The topological polar surface area (TPSA) is 29.3 Å². The molecule has 0 atom stereocenters. The van der Waals surface area contributed by atoms with Gasteiger partial charge in [0.15, 0.2) is 0 Å². The van der Waals surface area contributed by atoms with E-state index in [9.17, 15) is 0 Å². The van der Waals surface area contributed by atoms with Crippen molar-refractivity contribution in [1.82, 2.24) is 4.90 Å². The van der Waals surface area contributed by atoms with Crippen molar-refractivity contribution in [2.75, 3.05) is 19.6 Å². The molecule has 84 valence electrons. The Kier molecular flexibility index (Phi) is 4.39. The Balaban J connectivity index is 2.40. The summed E-state index contributed by atoms with van der Waals surface area (Å²) in [6, 6.07) is 0. The van der Waals surface area contributed by atoms with Crippen LogP contribution in [0, 0.1) is 5.92 Å². The van der Waals surface area contributed by atoms with Gasteiger partial charge < -0.3 is 5.73 Å². The van der Waals surface area contributed by atoms with E-state index < -0.39 is 0 Å². The van der Waals surface area contributed by atoms with E-state index in [1.165, 1.54) is 38.8 Å². The third-order valence-corrected chi connectivity index (χ3v) is 3.67. The van der Waals surface area contributed by atoms with E-state index in [2.05, 4.69) is 25.7 Å². The molecule has 0 amide bonds. The summed E-state index contributed by atoms with van der Waals surface area (Å²) < 4.78 is 0. The zero-order valence-corrected chi connectivity index (χ0v) is 10.1. The van der Waals surface area contributed by atoms with Crippen LogP contribution in [0.15, 0.2) is 0 Å². The van der Waals surface area contributed by atoms with Crippen molar-refractivity contribution >= 4 is 0 Å². The Hall–Kier alpha value is -0.0800. The summed E-state index contributed by atoms with van der Waals surface area (Å²) in [5, 5.41) is 0. The van der Waals surface area contributed by atoms with E-state index >= 15 is 0 Å². The molecule has 0 aromatic carbocycles. The van der Waals surface area contributed by atoms with Gasteiger partial charge in [-0.15, -0.1) is 0 Å². The number of hydrogen-bond donors (Lipinski definition) is 1. The van der Waals surface area contributed by atoms with E-state index in [-0.39, 0.29) is 0 Å². The summed E-state index contributed by atoms with van der Waals surface area (Å²) >= 11 is 0. The number of hydrogen-bond acceptors (Lipinski definition) is 2. The minimum atomic E-state index is 0.397. The molecular weight excluding hydrogens is 172 g/mol. The van der Waals surface area contributed by atoms with Gasteiger partial charge in [-0.2, -0.15) is 0 Å². The zero-order valence-electron chi connectivity index (χ0n) is 10.1. The van der Waals surface area contributed by atoms with Crippen LogP contribution in [0.3, 0.4) is 0 Å². The van der Waals surface area contributed by atoms with Crippen LogP contribution in [0.25, 0.3) is 0 Å². The summed E-state index contributed by atoms with van der Waals surface area (Å²) in [6.45, 7) is 10.4. The van der Waals surface area contributed by atoms with Crippen LogP contribution in [-0.4, -0.2) is 30.1 Å². The molecule has 2 heteroatoms. The molecular formula is C12H26N2. The van der Waals surface area contributed by atoms with Crippen molar-refractivity contribution in [2.24, 2.45) is 11.7 Å². The van der Waals surface area contributed by atoms with Crippen molar-refractivity contribution in [1.29, 1.82) is 0 Å². The second kappa shape index (κ2) is 5.13. The first-order valence-corrected chi connectivity index (χ1v) is 6.05. The number of piperidine rings is 1. The van der Waals surface area contributed by atoms with Gasteiger partial charge in [0, 0.05) is 5.54 Å². The smallest absolute Gasteiger partial charge is 0.0153 e. The first kappa shape index (κ1) is 12.0. The third kappa shape index (κ3) is 2.96. The Morgan fingerprint density at radius 2 is 1.86 bits per heavy atom. The maximum atomic E-state index is 5.70. The van der Waals surface area contributed by atoms with Crippen LogP contribution >= 0.6 is 0 Å². The average Bonchev–Trinajstić information content (AvgIpc) is 2.18. The Bertz CT molecular complexity index is 158. The lowest BCUT2D eigenvalue weighted by Crippen LogP contribution is -2.48. The van der Waals surface area contributed by atoms with E-state index in [1.54, 1.807) is 0 Å². The van der Waals surface area contributed by atoms with Crippen molar-refractivity contribution in [3.8, 4) is 0 Å². The van der Waals surface area contributed by atoms with Crippen LogP contribution in [0.2, 0.25) is 0 Å². The summed E-state index contributed by atoms with van der Waals surface area (Å²) in [6.07, 6.45) is 5.18. The van der Waals surface area contributed by atoms with Gasteiger partial charge in [0.25, 0.3) is 0 Å². The molecule has 2 nitrogen and oxygen atoms in total. The summed E-state index contributed by atoms with van der Waals surface area (Å²) in [4.78, 5) is 2.64. The molecule has 1 heterocycles. The third-order valence-electron chi connectivity index (χ3n) is 3.67. The molecule has 0 aliphatic carbocycles. The molecule has 0 aromatic heterocycles. The quantitative estimate of drug-likeness (QED) is 0.750. The van der Waals surface area contributed by atoms with E-state index in [4.69, 9.17) is 5.73 Å². The fourth-order valence-corrected chi connectivity index (χ4v) is 2.54. The first-order chi connectivity index (χ1) is 6.60. The minimum absolute atomic E-state index is 0.397. The lowest BCUT2D eigenvalue weighted by Gasteiger charge is -2.43. The molecule has 1 aliphatic rings. The number of nitrogens with zero attached hydrogens (tertiary/aromatic N) is 1. The van der Waals surface area contributed by atoms with Gasteiger partial charge in [0.1, 0.15) is 0 Å². The predicted octanol–water partition coefficient (Wildman–Crippen LogP) is 2.24. The highest BCUT2D eigenvalue weighted by Crippen LogP contribution is 2.26. The van der Waals surface area contributed by atoms with Crippen molar-refractivity contribution < 1.29 is 0 Å². The van der Waals surface area contributed by atoms with Crippen LogP contribution in [0.1, 0.15) is 46.5 Å². The van der Waals surface area contributed by atoms with Gasteiger partial charge in [0.05, 0.1) is 0 Å². The number of nitrogens with two attached hydrogens (primary N) is 1. The average molecular weight is 198 g/mol. The highest BCUT2D eigenvalue weighted by molar-refractivity contribution is 4.85. The second-order valence-electron chi connectivity index (χ2n) is 5.23. The standard InChI is InChI=1S/C12H26N2/c1-4-7-12(2,3)14-8-5-11(10-13)6-9-14/h11H,4-10,13H2,1-3H3. The van der Waals surface area contributed by atoms with Crippen LogP contribution < -0.4 is 5.73 Å². The van der Waals surface area contributed by atoms with Gasteiger partial charge in [0.2, 0.25) is 0 Å². The fourth-order valence-electron chi connectivity index (χ4n) is 2.54.